The van der Waals surface area contributed by atoms with E-state index in [4.69, 9.17) is 16.3 Å². The molecule has 2 N–H and O–H groups in total. The maximum atomic E-state index is 12.0. The van der Waals surface area contributed by atoms with E-state index in [0.29, 0.717) is 27.5 Å². The normalized spacial score (nSPS) is 13.9. The van der Waals surface area contributed by atoms with Gasteiger partial charge in [-0.25, -0.2) is 4.98 Å². The monoisotopic (exact) mass is 338 g/mol. The summed E-state index contributed by atoms with van der Waals surface area (Å²) in [6, 6.07) is 5.07. The number of hydrogen-bond acceptors (Lipinski definition) is 5. The van der Waals surface area contributed by atoms with Crippen LogP contribution in [-0.4, -0.2) is 34.0 Å². The number of hydrogen-bond donors (Lipinski definition) is 2. The van der Waals surface area contributed by atoms with E-state index in [1.165, 1.54) is 11.8 Å². The molecule has 1 aliphatic rings. The largest absolute Gasteiger partial charge is 0.495 e. The van der Waals surface area contributed by atoms with Crippen LogP contribution in [0.1, 0.15) is 24.6 Å². The summed E-state index contributed by atoms with van der Waals surface area (Å²) in [6.45, 7) is 0. The second-order valence-electron chi connectivity index (χ2n) is 4.96. The van der Waals surface area contributed by atoms with Gasteiger partial charge in [0, 0.05) is 10.9 Å². The van der Waals surface area contributed by atoms with Gasteiger partial charge in [0.05, 0.1) is 18.6 Å². The van der Waals surface area contributed by atoms with Gasteiger partial charge in [-0.05, 0) is 31.0 Å². The van der Waals surface area contributed by atoms with Crippen molar-refractivity contribution in [3.8, 4) is 5.75 Å². The zero-order chi connectivity index (χ0) is 15.5. The van der Waals surface area contributed by atoms with Crippen LogP contribution in [0.3, 0.4) is 0 Å². The molecule has 1 aliphatic carbocycles. The Hall–Kier alpha value is -1.73. The molecule has 116 valence electrons. The number of aromatic amines is 1. The van der Waals surface area contributed by atoms with Gasteiger partial charge in [0.25, 0.3) is 0 Å². The first-order chi connectivity index (χ1) is 10.7. The lowest BCUT2D eigenvalue weighted by Gasteiger charge is -2.09. The van der Waals surface area contributed by atoms with Crippen molar-refractivity contribution in [1.82, 2.24) is 15.2 Å². The van der Waals surface area contributed by atoms with Crippen LogP contribution in [0, 0.1) is 0 Å². The molecule has 0 aliphatic heterocycles. The van der Waals surface area contributed by atoms with E-state index in [0.717, 1.165) is 18.7 Å². The maximum Gasteiger partial charge on any atom is 0.234 e. The second kappa shape index (κ2) is 6.58. The molecule has 8 heteroatoms. The number of methoxy groups -OCH3 is 1. The highest BCUT2D eigenvalue weighted by Crippen LogP contribution is 2.38. The van der Waals surface area contributed by atoms with E-state index in [2.05, 4.69) is 20.5 Å². The van der Waals surface area contributed by atoms with Crippen molar-refractivity contribution in [2.75, 3.05) is 18.2 Å². The molecule has 0 atom stereocenters. The van der Waals surface area contributed by atoms with Crippen LogP contribution in [-0.2, 0) is 4.79 Å². The number of benzene rings is 1. The van der Waals surface area contributed by atoms with Gasteiger partial charge >= 0.3 is 0 Å². The summed E-state index contributed by atoms with van der Waals surface area (Å²) in [5.74, 6) is 2.06. The number of carbonyl (C=O) groups is 1. The zero-order valence-corrected chi connectivity index (χ0v) is 13.5. The highest BCUT2D eigenvalue weighted by atomic mass is 35.5. The minimum absolute atomic E-state index is 0.164. The maximum absolute atomic E-state index is 12.0. The first-order valence-electron chi connectivity index (χ1n) is 6.84. The number of nitrogens with one attached hydrogen (secondary N) is 2. The second-order valence-corrected chi connectivity index (χ2v) is 6.34. The highest BCUT2D eigenvalue weighted by Gasteiger charge is 2.27. The molecular weight excluding hydrogens is 324 g/mol. The Kier molecular flexibility index (Phi) is 4.54. The molecule has 2 aromatic rings. The summed E-state index contributed by atoms with van der Waals surface area (Å²) in [4.78, 5) is 16.4. The number of nitrogens with zero attached hydrogens (tertiary/aromatic N) is 2. The van der Waals surface area contributed by atoms with E-state index in [-0.39, 0.29) is 11.7 Å². The van der Waals surface area contributed by atoms with E-state index in [9.17, 15) is 4.79 Å². The quantitative estimate of drug-likeness (QED) is 0.791. The first-order valence-corrected chi connectivity index (χ1v) is 8.20. The lowest BCUT2D eigenvalue weighted by Crippen LogP contribution is -2.14. The van der Waals surface area contributed by atoms with Crippen LogP contribution in [0.25, 0.3) is 0 Å². The molecule has 0 spiro atoms. The predicted molar refractivity (Wildman–Crippen MR) is 85.7 cm³/mol. The third kappa shape index (κ3) is 3.72. The van der Waals surface area contributed by atoms with Gasteiger partial charge in [-0.3, -0.25) is 9.89 Å². The van der Waals surface area contributed by atoms with Crippen molar-refractivity contribution in [3.05, 3.63) is 29.0 Å². The molecule has 1 amide bonds. The van der Waals surface area contributed by atoms with Gasteiger partial charge in [0.1, 0.15) is 11.6 Å². The summed E-state index contributed by atoms with van der Waals surface area (Å²) < 4.78 is 5.19. The van der Waals surface area contributed by atoms with Crippen LogP contribution in [0.5, 0.6) is 5.75 Å². The predicted octanol–water partition coefficient (Wildman–Crippen LogP) is 3.07. The van der Waals surface area contributed by atoms with Crippen molar-refractivity contribution >= 4 is 35.0 Å². The van der Waals surface area contributed by atoms with E-state index >= 15 is 0 Å². The van der Waals surface area contributed by atoms with Crippen molar-refractivity contribution in [3.63, 3.8) is 0 Å². The summed E-state index contributed by atoms with van der Waals surface area (Å²) in [6.07, 6.45) is 2.32. The number of H-pyrrole nitrogens is 1. The molecule has 0 saturated heterocycles. The van der Waals surface area contributed by atoms with E-state index in [1.807, 2.05) is 0 Å². The van der Waals surface area contributed by atoms with Gasteiger partial charge in [-0.15, -0.1) is 5.10 Å². The van der Waals surface area contributed by atoms with E-state index < -0.39 is 0 Å². The number of amides is 1. The van der Waals surface area contributed by atoms with Crippen LogP contribution in [0.15, 0.2) is 23.4 Å². The molecule has 22 heavy (non-hydrogen) atoms. The van der Waals surface area contributed by atoms with Crippen LogP contribution in [0.2, 0.25) is 5.02 Å². The number of halogens is 1. The Morgan fingerprint density at radius 1 is 1.55 bits per heavy atom. The number of anilines is 1. The number of carbonyl (C=O) groups excluding carboxylic acids is 1. The number of rotatable bonds is 6. The molecule has 1 aromatic heterocycles. The summed E-state index contributed by atoms with van der Waals surface area (Å²) in [5, 5.41) is 10.9. The number of ether oxygens (including phenoxy) is 1. The van der Waals surface area contributed by atoms with Gasteiger partial charge in [0.2, 0.25) is 11.1 Å². The minimum atomic E-state index is -0.164. The molecule has 3 rings (SSSR count). The van der Waals surface area contributed by atoms with Crippen molar-refractivity contribution in [2.24, 2.45) is 0 Å². The highest BCUT2D eigenvalue weighted by molar-refractivity contribution is 7.99. The topological polar surface area (TPSA) is 79.9 Å². The van der Waals surface area contributed by atoms with Crippen molar-refractivity contribution in [1.29, 1.82) is 0 Å². The fraction of sp³-hybridized carbons (Fsp3) is 0.357. The van der Waals surface area contributed by atoms with Crippen LogP contribution in [0.4, 0.5) is 5.69 Å². The molecular formula is C14H15ClN4O2S. The van der Waals surface area contributed by atoms with Crippen molar-refractivity contribution in [2.45, 2.75) is 23.9 Å². The fourth-order valence-corrected chi connectivity index (χ4v) is 2.73. The van der Waals surface area contributed by atoms with Crippen LogP contribution < -0.4 is 10.1 Å². The molecule has 0 radical (unpaired) electrons. The van der Waals surface area contributed by atoms with Crippen LogP contribution >= 0.6 is 23.4 Å². The summed E-state index contributed by atoms with van der Waals surface area (Å²) >= 11 is 7.22. The first kappa shape index (κ1) is 15.2. The SMILES string of the molecule is COc1ccc(Cl)cc1NC(=O)CSc1n[nH]c(C2CC2)n1. The lowest BCUT2D eigenvalue weighted by atomic mass is 10.3. The average Bonchev–Trinajstić information content (AvgIpc) is 3.24. The fourth-order valence-electron chi connectivity index (χ4n) is 1.96. The lowest BCUT2D eigenvalue weighted by molar-refractivity contribution is -0.113. The van der Waals surface area contributed by atoms with Crippen molar-refractivity contribution < 1.29 is 9.53 Å². The smallest absolute Gasteiger partial charge is 0.234 e. The number of thioether (sulfide) groups is 1. The van der Waals surface area contributed by atoms with Gasteiger partial charge < -0.3 is 10.1 Å². The van der Waals surface area contributed by atoms with Gasteiger partial charge in [0.15, 0.2) is 0 Å². The zero-order valence-electron chi connectivity index (χ0n) is 11.9. The Bertz CT molecular complexity index is 687. The van der Waals surface area contributed by atoms with Gasteiger partial charge in [-0.2, -0.15) is 0 Å². The molecule has 6 nitrogen and oxygen atoms in total. The number of aromatic nitrogens is 3. The molecule has 1 fully saturated rings. The Labute approximate surface area is 137 Å². The molecule has 1 saturated carbocycles. The molecule has 1 aromatic carbocycles. The minimum Gasteiger partial charge on any atom is -0.495 e. The third-order valence-electron chi connectivity index (χ3n) is 3.21. The molecule has 0 unspecified atom stereocenters. The molecule has 1 heterocycles. The Morgan fingerprint density at radius 3 is 3.09 bits per heavy atom. The van der Waals surface area contributed by atoms with Gasteiger partial charge in [-0.1, -0.05) is 23.4 Å². The Morgan fingerprint density at radius 2 is 2.36 bits per heavy atom. The summed E-state index contributed by atoms with van der Waals surface area (Å²) in [5.41, 5.74) is 0.550. The Balaban J connectivity index is 1.56. The third-order valence-corrected chi connectivity index (χ3v) is 4.30. The standard InChI is InChI=1S/C14H15ClN4O2S/c1-21-11-5-4-9(15)6-10(11)16-12(20)7-22-14-17-13(18-19-14)8-2-3-8/h4-6,8H,2-3,7H2,1H3,(H,16,20)(H,17,18,19). The molecule has 0 bridgehead atoms. The average molecular weight is 339 g/mol. The van der Waals surface area contributed by atoms with E-state index in [1.54, 1.807) is 25.3 Å². The summed E-state index contributed by atoms with van der Waals surface area (Å²) in [7, 11) is 1.54.